The van der Waals surface area contributed by atoms with Gasteiger partial charge in [0.25, 0.3) is 0 Å². The van der Waals surface area contributed by atoms with Gasteiger partial charge in [-0.25, -0.2) is 0 Å². The fourth-order valence-corrected chi connectivity index (χ4v) is 3.02. The summed E-state index contributed by atoms with van der Waals surface area (Å²) in [6.07, 6.45) is 2.28. The van der Waals surface area contributed by atoms with Crippen LogP contribution in [0.3, 0.4) is 0 Å². The largest absolute Gasteiger partial charge is 0.494 e. The van der Waals surface area contributed by atoms with Crippen molar-refractivity contribution in [1.82, 2.24) is 0 Å². The van der Waals surface area contributed by atoms with Crippen LogP contribution in [0.5, 0.6) is 0 Å². The Labute approximate surface area is 128 Å². The Kier molecular flexibility index (Phi) is 3.00. The summed E-state index contributed by atoms with van der Waals surface area (Å²) in [6.45, 7) is 15.1. The molecule has 1 aromatic carbocycles. The van der Waals surface area contributed by atoms with Gasteiger partial charge < -0.3 is 9.31 Å². The second kappa shape index (κ2) is 4.24. The Morgan fingerprint density at radius 3 is 2.05 bits per heavy atom. The first-order valence-electron chi connectivity index (χ1n) is 7.73. The van der Waals surface area contributed by atoms with Crippen molar-refractivity contribution < 1.29 is 9.31 Å². The molecule has 2 nitrogen and oxygen atoms in total. The van der Waals surface area contributed by atoms with E-state index < -0.39 is 0 Å². The van der Waals surface area contributed by atoms with E-state index in [9.17, 15) is 0 Å². The molecular formula is C18H25BO2. The summed E-state index contributed by atoms with van der Waals surface area (Å²) in [6, 6.07) is 6.59. The summed E-state index contributed by atoms with van der Waals surface area (Å²) >= 11 is 0. The number of hydrogen-bond acceptors (Lipinski definition) is 2. The highest BCUT2D eigenvalue weighted by Gasteiger charge is 2.51. The second-order valence-corrected chi connectivity index (χ2v) is 7.89. The first kappa shape index (κ1) is 14.9. The van der Waals surface area contributed by atoms with Crippen molar-refractivity contribution in [2.45, 2.75) is 65.1 Å². The summed E-state index contributed by atoms with van der Waals surface area (Å²) in [5.41, 5.74) is 4.75. The second-order valence-electron chi connectivity index (χ2n) is 7.89. The fourth-order valence-electron chi connectivity index (χ4n) is 3.02. The van der Waals surface area contributed by atoms with Crippen LogP contribution in [0.15, 0.2) is 23.8 Å². The summed E-state index contributed by atoms with van der Waals surface area (Å²) < 4.78 is 12.3. The summed E-state index contributed by atoms with van der Waals surface area (Å²) in [4.78, 5) is 0. The van der Waals surface area contributed by atoms with Gasteiger partial charge in [0.15, 0.2) is 0 Å². The van der Waals surface area contributed by atoms with Gasteiger partial charge in [0.2, 0.25) is 0 Å². The number of benzene rings is 1. The lowest BCUT2D eigenvalue weighted by Crippen LogP contribution is -2.41. The molecule has 1 heterocycles. The van der Waals surface area contributed by atoms with E-state index in [0.717, 1.165) is 5.46 Å². The zero-order chi connectivity index (χ0) is 15.6. The third-order valence-corrected chi connectivity index (χ3v) is 5.63. The number of fused-ring (bicyclic) bond motifs is 1. The van der Waals surface area contributed by atoms with Gasteiger partial charge in [-0.1, -0.05) is 43.7 Å². The number of rotatable bonds is 1. The van der Waals surface area contributed by atoms with E-state index >= 15 is 0 Å². The molecule has 112 valence electrons. The Hall–Kier alpha value is -1.06. The molecule has 3 heteroatoms. The highest BCUT2D eigenvalue weighted by Crippen LogP contribution is 2.41. The van der Waals surface area contributed by atoms with Crippen molar-refractivity contribution >= 4 is 18.7 Å². The maximum absolute atomic E-state index is 6.15. The number of allylic oxidation sites excluding steroid dienone is 1. The minimum absolute atomic E-state index is 0.129. The van der Waals surface area contributed by atoms with Crippen LogP contribution >= 0.6 is 0 Å². The van der Waals surface area contributed by atoms with Gasteiger partial charge in [-0.3, -0.25) is 0 Å². The lowest BCUT2D eigenvalue weighted by molar-refractivity contribution is 0.00578. The molecule has 1 fully saturated rings. The minimum Gasteiger partial charge on any atom is -0.399 e. The molecule has 0 saturated carbocycles. The molecule has 0 spiro atoms. The van der Waals surface area contributed by atoms with E-state index in [1.165, 1.54) is 16.7 Å². The van der Waals surface area contributed by atoms with Gasteiger partial charge in [-0.05, 0) is 51.2 Å². The summed E-state index contributed by atoms with van der Waals surface area (Å²) in [7, 11) is -0.280. The summed E-state index contributed by atoms with van der Waals surface area (Å²) in [5, 5.41) is 0. The molecule has 0 amide bonds. The van der Waals surface area contributed by atoms with Crippen LogP contribution in [0.2, 0.25) is 0 Å². The molecule has 3 rings (SSSR count). The topological polar surface area (TPSA) is 18.5 Å². The third kappa shape index (κ3) is 2.10. The van der Waals surface area contributed by atoms with E-state index in [-0.39, 0.29) is 23.7 Å². The zero-order valence-electron chi connectivity index (χ0n) is 14.2. The Morgan fingerprint density at radius 2 is 1.48 bits per heavy atom. The molecular weight excluding hydrogens is 259 g/mol. The van der Waals surface area contributed by atoms with Gasteiger partial charge >= 0.3 is 7.12 Å². The zero-order valence-corrected chi connectivity index (χ0v) is 14.2. The van der Waals surface area contributed by atoms with Crippen molar-refractivity contribution in [1.29, 1.82) is 0 Å². The SMILES string of the molecule is CC1=Cc2cc(B3OC(C)(C)C(C)(C)O3)ccc2C1(C)C. The van der Waals surface area contributed by atoms with Crippen LogP contribution in [0, 0.1) is 0 Å². The molecule has 0 N–H and O–H groups in total. The Balaban J connectivity index is 1.96. The minimum atomic E-state index is -0.290. The predicted octanol–water partition coefficient (Wildman–Crippen LogP) is 3.68. The third-order valence-electron chi connectivity index (χ3n) is 5.63. The van der Waals surface area contributed by atoms with E-state index in [4.69, 9.17) is 9.31 Å². The Morgan fingerprint density at radius 1 is 0.905 bits per heavy atom. The van der Waals surface area contributed by atoms with Crippen LogP contribution in [0.4, 0.5) is 0 Å². The van der Waals surface area contributed by atoms with Gasteiger partial charge in [-0.15, -0.1) is 0 Å². The molecule has 0 radical (unpaired) electrons. The normalized spacial score (nSPS) is 24.9. The van der Waals surface area contributed by atoms with E-state index in [1.54, 1.807) is 0 Å². The molecule has 2 aliphatic rings. The lowest BCUT2D eigenvalue weighted by Gasteiger charge is -2.32. The van der Waals surface area contributed by atoms with E-state index in [0.29, 0.717) is 0 Å². The number of hydrogen-bond donors (Lipinski definition) is 0. The Bertz CT molecular complexity index is 610. The van der Waals surface area contributed by atoms with Gasteiger partial charge in [-0.2, -0.15) is 0 Å². The van der Waals surface area contributed by atoms with Crippen molar-refractivity contribution in [2.24, 2.45) is 0 Å². The first-order valence-corrected chi connectivity index (χ1v) is 7.73. The van der Waals surface area contributed by atoms with E-state index in [2.05, 4.69) is 72.7 Å². The van der Waals surface area contributed by atoms with Crippen LogP contribution in [-0.2, 0) is 14.7 Å². The van der Waals surface area contributed by atoms with Crippen molar-refractivity contribution in [2.75, 3.05) is 0 Å². The highest BCUT2D eigenvalue weighted by atomic mass is 16.7. The van der Waals surface area contributed by atoms with E-state index in [1.807, 2.05) is 0 Å². The molecule has 0 bridgehead atoms. The molecule has 1 aliphatic carbocycles. The van der Waals surface area contributed by atoms with Crippen LogP contribution in [0.1, 0.15) is 59.6 Å². The van der Waals surface area contributed by atoms with Gasteiger partial charge in [0.05, 0.1) is 11.2 Å². The van der Waals surface area contributed by atoms with Crippen molar-refractivity contribution in [3.8, 4) is 0 Å². The molecule has 0 aromatic heterocycles. The van der Waals surface area contributed by atoms with Crippen LogP contribution in [0.25, 0.3) is 6.08 Å². The predicted molar refractivity (Wildman–Crippen MR) is 88.8 cm³/mol. The maximum Gasteiger partial charge on any atom is 0.494 e. The molecule has 0 unspecified atom stereocenters. The molecule has 1 saturated heterocycles. The van der Waals surface area contributed by atoms with Crippen molar-refractivity contribution in [3.05, 3.63) is 34.9 Å². The first-order chi connectivity index (χ1) is 9.54. The smallest absolute Gasteiger partial charge is 0.399 e. The van der Waals surface area contributed by atoms with Gasteiger partial charge in [0, 0.05) is 5.41 Å². The molecule has 21 heavy (non-hydrogen) atoms. The lowest BCUT2D eigenvalue weighted by atomic mass is 9.76. The average molecular weight is 284 g/mol. The average Bonchev–Trinajstić information content (AvgIpc) is 2.70. The molecule has 0 atom stereocenters. The van der Waals surface area contributed by atoms with Crippen LogP contribution in [-0.4, -0.2) is 18.3 Å². The van der Waals surface area contributed by atoms with Gasteiger partial charge in [0.1, 0.15) is 0 Å². The monoisotopic (exact) mass is 284 g/mol. The van der Waals surface area contributed by atoms with Crippen LogP contribution < -0.4 is 5.46 Å². The molecule has 1 aromatic rings. The summed E-state index contributed by atoms with van der Waals surface area (Å²) in [5.74, 6) is 0. The highest BCUT2D eigenvalue weighted by molar-refractivity contribution is 6.62. The fraction of sp³-hybridized carbons (Fsp3) is 0.556. The standard InChI is InChI=1S/C18H25BO2/c1-12-10-13-11-14(8-9-15(13)16(12,2)3)19-20-17(4,5)18(6,7)21-19/h8-11H,1-7H3. The van der Waals surface area contributed by atoms with Crippen molar-refractivity contribution in [3.63, 3.8) is 0 Å². The quantitative estimate of drug-likeness (QED) is 0.732. The maximum atomic E-state index is 6.15. The molecule has 1 aliphatic heterocycles.